The minimum atomic E-state index is -0.756. The van der Waals surface area contributed by atoms with E-state index >= 15 is 0 Å². The van der Waals surface area contributed by atoms with E-state index in [2.05, 4.69) is 5.32 Å². The lowest BCUT2D eigenvalue weighted by molar-refractivity contribution is -0.111. The first-order chi connectivity index (χ1) is 7.08. The van der Waals surface area contributed by atoms with Crippen molar-refractivity contribution in [2.24, 2.45) is 0 Å². The Labute approximate surface area is 92.4 Å². The molecule has 0 aliphatic carbocycles. The van der Waals surface area contributed by atoms with E-state index in [4.69, 9.17) is 21.6 Å². The van der Waals surface area contributed by atoms with Crippen LogP contribution in [-0.2, 0) is 4.79 Å². The lowest BCUT2D eigenvalue weighted by Crippen LogP contribution is -2.09. The highest BCUT2D eigenvalue weighted by Crippen LogP contribution is 2.30. The van der Waals surface area contributed by atoms with Crippen LogP contribution in [0.4, 0.5) is 5.69 Å². The third kappa shape index (κ3) is 2.61. The molecular weight excluding hydrogens is 216 g/mol. The molecule has 0 atom stereocenters. The summed E-state index contributed by atoms with van der Waals surface area (Å²) in [4.78, 5) is 10.9. The van der Waals surface area contributed by atoms with Crippen molar-refractivity contribution in [2.75, 3.05) is 12.4 Å². The fourth-order valence-corrected chi connectivity index (χ4v) is 1.24. The molecule has 0 fully saturated rings. The van der Waals surface area contributed by atoms with Crippen molar-refractivity contribution in [3.8, 4) is 11.8 Å². The summed E-state index contributed by atoms with van der Waals surface area (Å²) in [5.74, 6) is -0.284. The Balaban J connectivity index is 3.11. The molecular formula is C10H9ClN2O2. The van der Waals surface area contributed by atoms with E-state index in [1.165, 1.54) is 13.2 Å². The summed E-state index contributed by atoms with van der Waals surface area (Å²) in [6.45, 7) is 1.82. The number of benzene rings is 1. The van der Waals surface area contributed by atoms with Crippen LogP contribution in [0.3, 0.4) is 0 Å². The van der Waals surface area contributed by atoms with E-state index in [0.717, 1.165) is 5.56 Å². The summed E-state index contributed by atoms with van der Waals surface area (Å²) >= 11 is 5.88. The van der Waals surface area contributed by atoms with E-state index < -0.39 is 5.91 Å². The summed E-state index contributed by atoms with van der Waals surface area (Å²) in [6, 6.07) is 4.69. The molecule has 0 aliphatic rings. The molecule has 1 aromatic carbocycles. The Hall–Kier alpha value is -1.73. The minimum absolute atomic E-state index is 0.389. The van der Waals surface area contributed by atoms with E-state index in [9.17, 15) is 4.79 Å². The standard InChI is InChI=1S/C10H9ClN2O2/c1-6-3-9(15-2)8(4-7(6)11)13-10(14)5-12/h3-4H,1-2H3,(H,13,14). The second kappa shape index (κ2) is 4.67. The number of nitrogens with zero attached hydrogens (tertiary/aromatic N) is 1. The van der Waals surface area contributed by atoms with Crippen LogP contribution >= 0.6 is 11.6 Å². The second-order valence-corrected chi connectivity index (χ2v) is 3.27. The molecule has 0 saturated heterocycles. The fraction of sp³-hybridized carbons (Fsp3) is 0.200. The Morgan fingerprint density at radius 3 is 2.80 bits per heavy atom. The van der Waals surface area contributed by atoms with E-state index in [1.807, 2.05) is 6.92 Å². The van der Waals surface area contributed by atoms with Gasteiger partial charge in [-0.2, -0.15) is 5.26 Å². The van der Waals surface area contributed by atoms with Gasteiger partial charge in [0.05, 0.1) is 12.8 Å². The highest BCUT2D eigenvalue weighted by Gasteiger charge is 2.09. The van der Waals surface area contributed by atoms with Crippen LogP contribution in [0.1, 0.15) is 5.56 Å². The average Bonchev–Trinajstić information content (AvgIpc) is 2.22. The molecule has 1 N–H and O–H groups in total. The first kappa shape index (κ1) is 11.3. The summed E-state index contributed by atoms with van der Waals surface area (Å²) in [6.07, 6.45) is 0. The zero-order chi connectivity index (χ0) is 11.4. The first-order valence-corrected chi connectivity index (χ1v) is 4.51. The van der Waals surface area contributed by atoms with E-state index in [1.54, 1.807) is 12.1 Å². The van der Waals surface area contributed by atoms with Gasteiger partial charge >= 0.3 is 5.91 Å². The van der Waals surface area contributed by atoms with Crippen molar-refractivity contribution < 1.29 is 9.53 Å². The molecule has 4 nitrogen and oxygen atoms in total. The molecule has 0 radical (unpaired) electrons. The topological polar surface area (TPSA) is 62.1 Å². The van der Waals surface area contributed by atoms with Gasteiger partial charge in [-0.15, -0.1) is 0 Å². The number of hydrogen-bond acceptors (Lipinski definition) is 3. The molecule has 1 rings (SSSR count). The molecule has 0 saturated carbocycles. The summed E-state index contributed by atoms with van der Waals surface area (Å²) < 4.78 is 5.04. The number of halogens is 1. The SMILES string of the molecule is COc1cc(C)c(Cl)cc1NC(=O)C#N. The number of nitriles is 1. The van der Waals surface area contributed by atoms with Gasteiger partial charge in [0.25, 0.3) is 0 Å². The van der Waals surface area contributed by atoms with Gasteiger partial charge in [-0.05, 0) is 24.6 Å². The van der Waals surface area contributed by atoms with Crippen molar-refractivity contribution in [1.29, 1.82) is 5.26 Å². The first-order valence-electron chi connectivity index (χ1n) is 4.13. The third-order valence-electron chi connectivity index (χ3n) is 1.83. The van der Waals surface area contributed by atoms with E-state index in [0.29, 0.717) is 16.5 Å². The Kier molecular flexibility index (Phi) is 3.53. The number of amides is 1. The van der Waals surface area contributed by atoms with Crippen LogP contribution in [0.2, 0.25) is 5.02 Å². The van der Waals surface area contributed by atoms with Gasteiger partial charge in [0.15, 0.2) is 6.07 Å². The van der Waals surface area contributed by atoms with Gasteiger partial charge < -0.3 is 10.1 Å². The lowest BCUT2D eigenvalue weighted by Gasteiger charge is -2.10. The van der Waals surface area contributed by atoms with Crippen LogP contribution in [0.5, 0.6) is 5.75 Å². The highest BCUT2D eigenvalue weighted by atomic mass is 35.5. The fourth-order valence-electron chi connectivity index (χ4n) is 1.07. The number of nitrogens with one attached hydrogen (secondary N) is 1. The van der Waals surface area contributed by atoms with Crippen molar-refractivity contribution >= 4 is 23.2 Å². The van der Waals surface area contributed by atoms with Crippen LogP contribution in [0, 0.1) is 18.3 Å². The van der Waals surface area contributed by atoms with Gasteiger partial charge in [0.1, 0.15) is 5.75 Å². The molecule has 0 aliphatic heterocycles. The Morgan fingerprint density at radius 2 is 2.27 bits per heavy atom. The highest BCUT2D eigenvalue weighted by molar-refractivity contribution is 6.31. The van der Waals surface area contributed by atoms with Gasteiger partial charge in [0, 0.05) is 5.02 Å². The largest absolute Gasteiger partial charge is 0.495 e. The zero-order valence-corrected chi connectivity index (χ0v) is 9.05. The van der Waals surface area contributed by atoms with Gasteiger partial charge in [-0.25, -0.2) is 0 Å². The predicted octanol–water partition coefficient (Wildman–Crippen LogP) is 2.12. The lowest BCUT2D eigenvalue weighted by atomic mass is 10.2. The van der Waals surface area contributed by atoms with Gasteiger partial charge in [-0.3, -0.25) is 4.79 Å². The molecule has 1 aromatic rings. The number of methoxy groups -OCH3 is 1. The molecule has 15 heavy (non-hydrogen) atoms. The number of rotatable bonds is 2. The van der Waals surface area contributed by atoms with Crippen LogP contribution in [-0.4, -0.2) is 13.0 Å². The molecule has 0 unspecified atom stereocenters. The maximum absolute atomic E-state index is 10.9. The molecule has 0 bridgehead atoms. The van der Waals surface area contributed by atoms with Crippen LogP contribution in [0.25, 0.3) is 0 Å². The number of anilines is 1. The minimum Gasteiger partial charge on any atom is -0.495 e. The van der Waals surface area contributed by atoms with Crippen LogP contribution in [0.15, 0.2) is 12.1 Å². The molecule has 0 spiro atoms. The quantitative estimate of drug-likeness (QED) is 0.783. The number of carbonyl (C=O) groups is 1. The molecule has 1 amide bonds. The third-order valence-corrected chi connectivity index (χ3v) is 2.24. The smallest absolute Gasteiger partial charge is 0.326 e. The monoisotopic (exact) mass is 224 g/mol. The van der Waals surface area contributed by atoms with Crippen molar-refractivity contribution in [2.45, 2.75) is 6.92 Å². The Morgan fingerprint density at radius 1 is 1.60 bits per heavy atom. The van der Waals surface area contributed by atoms with Gasteiger partial charge in [0.2, 0.25) is 0 Å². The van der Waals surface area contributed by atoms with E-state index in [-0.39, 0.29) is 0 Å². The average molecular weight is 225 g/mol. The molecule has 5 heteroatoms. The molecule has 78 valence electrons. The normalized spacial score (nSPS) is 9.20. The summed E-state index contributed by atoms with van der Waals surface area (Å²) in [5.41, 5.74) is 1.23. The maximum atomic E-state index is 10.9. The molecule has 0 heterocycles. The number of aryl methyl sites for hydroxylation is 1. The summed E-state index contributed by atoms with van der Waals surface area (Å²) in [7, 11) is 1.48. The summed E-state index contributed by atoms with van der Waals surface area (Å²) in [5, 5.41) is 11.2. The predicted molar refractivity (Wildman–Crippen MR) is 57.0 cm³/mol. The van der Waals surface area contributed by atoms with Crippen LogP contribution < -0.4 is 10.1 Å². The van der Waals surface area contributed by atoms with Gasteiger partial charge in [-0.1, -0.05) is 11.6 Å². The maximum Gasteiger partial charge on any atom is 0.326 e. The van der Waals surface area contributed by atoms with Crippen molar-refractivity contribution in [1.82, 2.24) is 0 Å². The number of hydrogen-bond donors (Lipinski definition) is 1. The second-order valence-electron chi connectivity index (χ2n) is 2.87. The van der Waals surface area contributed by atoms with Crippen molar-refractivity contribution in [3.05, 3.63) is 22.7 Å². The zero-order valence-electron chi connectivity index (χ0n) is 8.30. The molecule has 0 aromatic heterocycles. The van der Waals surface area contributed by atoms with Crippen molar-refractivity contribution in [3.63, 3.8) is 0 Å². The number of carbonyl (C=O) groups excluding carboxylic acids is 1. The number of ether oxygens (including phenoxy) is 1. The Bertz CT molecular complexity index is 438.